The molecule has 2 aromatic heterocycles. The fourth-order valence-electron chi connectivity index (χ4n) is 1.99. The highest BCUT2D eigenvalue weighted by molar-refractivity contribution is 9.10. The van der Waals surface area contributed by atoms with Gasteiger partial charge in [0.1, 0.15) is 5.82 Å². The van der Waals surface area contributed by atoms with Crippen LogP contribution in [-0.2, 0) is 6.54 Å². The molecule has 16 heavy (non-hydrogen) atoms. The maximum absolute atomic E-state index is 5.23. The summed E-state index contributed by atoms with van der Waals surface area (Å²) in [6.07, 6.45) is 1.64. The Morgan fingerprint density at radius 2 is 2.44 bits per heavy atom. The standard InChI is InChI=1S/C10H11BrN4O/c1-6-9-13-14-10(15(9)4-3-12-6)7-2-5-16-8(7)11/h2,5-6,12H,3-4H2,1H3. The normalized spacial score (nSPS) is 19.8. The van der Waals surface area contributed by atoms with Gasteiger partial charge in [-0.2, -0.15) is 0 Å². The summed E-state index contributed by atoms with van der Waals surface area (Å²) in [5, 5.41) is 11.8. The second-order valence-corrected chi connectivity index (χ2v) is 4.54. The highest BCUT2D eigenvalue weighted by Gasteiger charge is 2.23. The first kappa shape index (κ1) is 10.0. The van der Waals surface area contributed by atoms with E-state index in [4.69, 9.17) is 4.42 Å². The molecule has 0 aromatic carbocycles. The predicted octanol–water partition coefficient (Wildman–Crippen LogP) is 1.96. The van der Waals surface area contributed by atoms with Crippen molar-refractivity contribution in [3.63, 3.8) is 0 Å². The summed E-state index contributed by atoms with van der Waals surface area (Å²) < 4.78 is 8.06. The van der Waals surface area contributed by atoms with E-state index in [1.165, 1.54) is 0 Å². The van der Waals surface area contributed by atoms with Crippen LogP contribution in [0.3, 0.4) is 0 Å². The van der Waals surface area contributed by atoms with E-state index in [0.29, 0.717) is 4.67 Å². The highest BCUT2D eigenvalue weighted by atomic mass is 79.9. The van der Waals surface area contributed by atoms with E-state index >= 15 is 0 Å². The van der Waals surface area contributed by atoms with Crippen molar-refractivity contribution in [3.05, 3.63) is 22.8 Å². The van der Waals surface area contributed by atoms with Crippen molar-refractivity contribution in [1.82, 2.24) is 20.1 Å². The van der Waals surface area contributed by atoms with E-state index in [1.807, 2.05) is 6.07 Å². The Morgan fingerprint density at radius 1 is 1.56 bits per heavy atom. The summed E-state index contributed by atoms with van der Waals surface area (Å²) in [6, 6.07) is 2.15. The molecule has 0 spiro atoms. The highest BCUT2D eigenvalue weighted by Crippen LogP contribution is 2.30. The number of fused-ring (bicyclic) bond motifs is 1. The Hall–Kier alpha value is -1.14. The van der Waals surface area contributed by atoms with Gasteiger partial charge in [-0.05, 0) is 28.9 Å². The quantitative estimate of drug-likeness (QED) is 0.869. The number of rotatable bonds is 1. The smallest absolute Gasteiger partial charge is 0.179 e. The molecule has 2 aromatic rings. The maximum Gasteiger partial charge on any atom is 0.179 e. The van der Waals surface area contributed by atoms with Crippen LogP contribution in [0.2, 0.25) is 0 Å². The molecule has 84 valence electrons. The van der Waals surface area contributed by atoms with Crippen LogP contribution in [0.15, 0.2) is 21.4 Å². The molecule has 0 saturated carbocycles. The molecule has 0 amide bonds. The Balaban J connectivity index is 2.13. The first-order chi connectivity index (χ1) is 7.77. The van der Waals surface area contributed by atoms with Crippen LogP contribution < -0.4 is 5.32 Å². The van der Waals surface area contributed by atoms with Crippen LogP contribution in [0.4, 0.5) is 0 Å². The lowest BCUT2D eigenvalue weighted by molar-refractivity contribution is 0.438. The lowest BCUT2D eigenvalue weighted by Gasteiger charge is -2.21. The number of nitrogens with zero attached hydrogens (tertiary/aromatic N) is 3. The minimum atomic E-state index is 0.251. The van der Waals surface area contributed by atoms with Gasteiger partial charge in [0.25, 0.3) is 0 Å². The van der Waals surface area contributed by atoms with E-state index in [1.54, 1.807) is 6.26 Å². The molecule has 1 unspecified atom stereocenters. The van der Waals surface area contributed by atoms with Gasteiger partial charge in [-0.15, -0.1) is 10.2 Å². The molecule has 1 aliphatic heterocycles. The molecular weight excluding hydrogens is 272 g/mol. The molecule has 0 bridgehead atoms. The van der Waals surface area contributed by atoms with Gasteiger partial charge in [0.05, 0.1) is 17.9 Å². The molecule has 1 aliphatic rings. The molecule has 5 nitrogen and oxygen atoms in total. The number of furan rings is 1. The molecule has 3 heterocycles. The largest absolute Gasteiger partial charge is 0.457 e. The molecule has 3 rings (SSSR count). The van der Waals surface area contributed by atoms with Crippen molar-refractivity contribution >= 4 is 15.9 Å². The van der Waals surface area contributed by atoms with Crippen molar-refractivity contribution < 1.29 is 4.42 Å². The van der Waals surface area contributed by atoms with Gasteiger partial charge >= 0.3 is 0 Å². The lowest BCUT2D eigenvalue weighted by atomic mass is 10.2. The summed E-state index contributed by atoms with van der Waals surface area (Å²) >= 11 is 3.37. The van der Waals surface area contributed by atoms with E-state index < -0.39 is 0 Å². The summed E-state index contributed by atoms with van der Waals surface area (Å²) in [5.74, 6) is 1.85. The number of halogens is 1. The van der Waals surface area contributed by atoms with Crippen molar-refractivity contribution in [1.29, 1.82) is 0 Å². The predicted molar refractivity (Wildman–Crippen MR) is 61.8 cm³/mol. The maximum atomic E-state index is 5.23. The zero-order chi connectivity index (χ0) is 11.1. The van der Waals surface area contributed by atoms with E-state index in [-0.39, 0.29) is 6.04 Å². The molecule has 0 fully saturated rings. The van der Waals surface area contributed by atoms with E-state index in [9.17, 15) is 0 Å². The third-order valence-corrected chi connectivity index (χ3v) is 3.43. The van der Waals surface area contributed by atoms with Crippen LogP contribution in [0.25, 0.3) is 11.4 Å². The fourth-order valence-corrected chi connectivity index (χ4v) is 2.41. The Morgan fingerprint density at radius 3 is 3.19 bits per heavy atom. The van der Waals surface area contributed by atoms with Gasteiger partial charge in [0, 0.05) is 13.1 Å². The second kappa shape index (κ2) is 3.71. The Kier molecular flexibility index (Phi) is 2.33. The number of nitrogens with one attached hydrogen (secondary N) is 1. The lowest BCUT2D eigenvalue weighted by Crippen LogP contribution is -2.32. The number of hydrogen-bond donors (Lipinski definition) is 1. The van der Waals surface area contributed by atoms with Crippen molar-refractivity contribution in [2.24, 2.45) is 0 Å². The van der Waals surface area contributed by atoms with Crippen molar-refractivity contribution in [2.45, 2.75) is 19.5 Å². The van der Waals surface area contributed by atoms with Crippen LogP contribution in [0, 0.1) is 0 Å². The molecule has 0 saturated heterocycles. The molecule has 1 N–H and O–H groups in total. The monoisotopic (exact) mass is 282 g/mol. The van der Waals surface area contributed by atoms with Gasteiger partial charge < -0.3 is 14.3 Å². The molecule has 6 heteroatoms. The zero-order valence-corrected chi connectivity index (χ0v) is 10.4. The van der Waals surface area contributed by atoms with Crippen LogP contribution in [-0.4, -0.2) is 21.3 Å². The zero-order valence-electron chi connectivity index (χ0n) is 8.77. The van der Waals surface area contributed by atoms with Gasteiger partial charge in [0.15, 0.2) is 10.5 Å². The third kappa shape index (κ3) is 1.41. The summed E-state index contributed by atoms with van der Waals surface area (Å²) in [4.78, 5) is 0. The summed E-state index contributed by atoms with van der Waals surface area (Å²) in [5.41, 5.74) is 0.952. The topological polar surface area (TPSA) is 55.9 Å². The SMILES string of the molecule is CC1NCCn2c(-c3ccoc3Br)nnc21. The van der Waals surface area contributed by atoms with Crippen molar-refractivity contribution in [2.75, 3.05) is 6.54 Å². The first-order valence-corrected chi connectivity index (χ1v) is 5.96. The Bertz CT molecular complexity index is 519. The minimum Gasteiger partial charge on any atom is -0.457 e. The van der Waals surface area contributed by atoms with Gasteiger partial charge in [-0.3, -0.25) is 0 Å². The molecule has 0 aliphatic carbocycles. The van der Waals surface area contributed by atoms with E-state index in [2.05, 4.69) is 42.9 Å². The van der Waals surface area contributed by atoms with Crippen molar-refractivity contribution in [3.8, 4) is 11.4 Å². The average molecular weight is 283 g/mol. The van der Waals surface area contributed by atoms with Gasteiger partial charge in [-0.1, -0.05) is 0 Å². The molecule has 1 atom stereocenters. The van der Waals surface area contributed by atoms with Gasteiger partial charge in [0.2, 0.25) is 0 Å². The summed E-state index contributed by atoms with van der Waals surface area (Å²) in [7, 11) is 0. The van der Waals surface area contributed by atoms with Gasteiger partial charge in [-0.25, -0.2) is 0 Å². The van der Waals surface area contributed by atoms with Crippen LogP contribution in [0.1, 0.15) is 18.8 Å². The van der Waals surface area contributed by atoms with E-state index in [0.717, 1.165) is 30.3 Å². The Labute approximate surface area is 101 Å². The minimum absolute atomic E-state index is 0.251. The average Bonchev–Trinajstić information content (AvgIpc) is 2.84. The first-order valence-electron chi connectivity index (χ1n) is 5.17. The summed E-state index contributed by atoms with van der Waals surface area (Å²) in [6.45, 7) is 3.92. The van der Waals surface area contributed by atoms with Crippen LogP contribution in [0.5, 0.6) is 0 Å². The number of hydrogen-bond acceptors (Lipinski definition) is 4. The number of aromatic nitrogens is 3. The molecule has 0 radical (unpaired) electrons. The third-order valence-electron chi connectivity index (χ3n) is 2.81. The fraction of sp³-hybridized carbons (Fsp3) is 0.400. The van der Waals surface area contributed by atoms with Crippen LogP contribution >= 0.6 is 15.9 Å². The molecular formula is C10H11BrN4O. The second-order valence-electron chi connectivity index (χ2n) is 3.82.